The van der Waals surface area contributed by atoms with Gasteiger partial charge in [-0.05, 0) is 56.0 Å². The quantitative estimate of drug-likeness (QED) is 0.644. The molecule has 0 N–H and O–H groups in total. The molecule has 1 aliphatic carbocycles. The van der Waals surface area contributed by atoms with Crippen molar-refractivity contribution in [1.29, 1.82) is 0 Å². The maximum atomic E-state index is 13.2. The molecule has 1 fully saturated rings. The number of nitrogens with zero attached hydrogens (tertiary/aromatic N) is 1. The Bertz CT molecular complexity index is 959. The molecule has 3 unspecified atom stereocenters. The molecule has 0 bridgehead atoms. The van der Waals surface area contributed by atoms with Gasteiger partial charge < -0.3 is 0 Å². The zero-order valence-electron chi connectivity index (χ0n) is 17.3. The zero-order valence-corrected chi connectivity index (χ0v) is 18.0. The number of ketones is 3. The highest BCUT2D eigenvalue weighted by atomic mass is 35.5. The highest BCUT2D eigenvalue weighted by Gasteiger charge is 2.46. The first-order valence-corrected chi connectivity index (χ1v) is 10.3. The monoisotopic (exact) mass is 411 g/mol. The van der Waals surface area contributed by atoms with Gasteiger partial charge in [-0.25, -0.2) is 0 Å². The number of pyridine rings is 1. The van der Waals surface area contributed by atoms with Crippen LogP contribution in [-0.4, -0.2) is 22.3 Å². The standard InChI is InChI=1S/C24H26ClNO3/c1-13-10-14(2)22(15(3)11-13)23-21(28)12-17(24(23)29)16(4)20(27)8-7-19-18(25)6-5-9-26-19/h5-6,9-11,16-17,23H,7-8,12H2,1-4H3. The van der Waals surface area contributed by atoms with E-state index in [1.807, 2.05) is 32.9 Å². The Labute approximate surface area is 176 Å². The number of Topliss-reactive ketones (excluding diaryl/α,β-unsaturated/α-hetero) is 3. The van der Waals surface area contributed by atoms with Crippen molar-refractivity contribution in [2.24, 2.45) is 11.8 Å². The second-order valence-electron chi connectivity index (χ2n) is 8.11. The van der Waals surface area contributed by atoms with Gasteiger partial charge in [0.1, 0.15) is 17.5 Å². The maximum Gasteiger partial charge on any atom is 0.151 e. The fourth-order valence-corrected chi connectivity index (χ4v) is 4.69. The molecular formula is C24H26ClNO3. The smallest absolute Gasteiger partial charge is 0.151 e. The number of aryl methyl sites for hydroxylation is 4. The Hall–Kier alpha value is -2.33. The minimum Gasteiger partial charge on any atom is -0.299 e. The Morgan fingerprint density at radius 2 is 1.86 bits per heavy atom. The molecule has 1 heterocycles. The molecule has 5 heteroatoms. The molecule has 1 saturated carbocycles. The fraction of sp³-hybridized carbons (Fsp3) is 0.417. The summed E-state index contributed by atoms with van der Waals surface area (Å²) < 4.78 is 0. The van der Waals surface area contributed by atoms with Crippen molar-refractivity contribution < 1.29 is 14.4 Å². The van der Waals surface area contributed by atoms with Gasteiger partial charge in [-0.2, -0.15) is 0 Å². The third-order valence-corrected chi connectivity index (χ3v) is 6.32. The average molecular weight is 412 g/mol. The summed E-state index contributed by atoms with van der Waals surface area (Å²) in [5, 5.41) is 0.533. The van der Waals surface area contributed by atoms with Crippen molar-refractivity contribution in [1.82, 2.24) is 4.98 Å². The second kappa shape index (κ2) is 8.58. The van der Waals surface area contributed by atoms with Gasteiger partial charge in [0.25, 0.3) is 0 Å². The highest BCUT2D eigenvalue weighted by Crippen LogP contribution is 2.39. The first-order valence-electron chi connectivity index (χ1n) is 9.97. The number of hydrogen-bond acceptors (Lipinski definition) is 4. The Balaban J connectivity index is 1.75. The van der Waals surface area contributed by atoms with Crippen LogP contribution in [-0.2, 0) is 20.8 Å². The van der Waals surface area contributed by atoms with E-state index in [1.54, 1.807) is 25.3 Å². The summed E-state index contributed by atoms with van der Waals surface area (Å²) in [4.78, 5) is 42.9. The SMILES string of the molecule is Cc1cc(C)c(C2C(=O)CC(C(C)C(=O)CCc3ncccc3Cl)C2=O)c(C)c1. The van der Waals surface area contributed by atoms with E-state index in [4.69, 9.17) is 11.6 Å². The Kier molecular flexibility index (Phi) is 6.33. The molecule has 0 spiro atoms. The van der Waals surface area contributed by atoms with Gasteiger partial charge in [0, 0.05) is 30.9 Å². The van der Waals surface area contributed by atoms with Crippen LogP contribution < -0.4 is 0 Å². The number of aromatic nitrogens is 1. The van der Waals surface area contributed by atoms with Crippen molar-refractivity contribution in [2.75, 3.05) is 0 Å². The van der Waals surface area contributed by atoms with E-state index in [0.717, 1.165) is 22.3 Å². The summed E-state index contributed by atoms with van der Waals surface area (Å²) in [6.07, 6.45) is 2.46. The third-order valence-electron chi connectivity index (χ3n) is 5.97. The normalized spacial score (nSPS) is 20.2. The van der Waals surface area contributed by atoms with E-state index in [1.165, 1.54) is 0 Å². The molecule has 0 amide bonds. The van der Waals surface area contributed by atoms with Crippen molar-refractivity contribution in [3.8, 4) is 0 Å². The summed E-state index contributed by atoms with van der Waals surface area (Å²) in [5.41, 5.74) is 4.51. The van der Waals surface area contributed by atoms with Crippen molar-refractivity contribution in [3.63, 3.8) is 0 Å². The van der Waals surface area contributed by atoms with Gasteiger partial charge in [-0.3, -0.25) is 19.4 Å². The number of benzene rings is 1. The van der Waals surface area contributed by atoms with Crippen molar-refractivity contribution >= 4 is 29.0 Å². The van der Waals surface area contributed by atoms with Crippen LogP contribution in [0.2, 0.25) is 5.02 Å². The summed E-state index contributed by atoms with van der Waals surface area (Å²) in [5.74, 6) is -2.04. The number of rotatable bonds is 6. The number of carbonyl (C=O) groups is 3. The van der Waals surface area contributed by atoms with Gasteiger partial charge in [0.15, 0.2) is 5.78 Å². The van der Waals surface area contributed by atoms with Gasteiger partial charge in [0.05, 0.1) is 10.7 Å². The van der Waals surface area contributed by atoms with E-state index < -0.39 is 17.8 Å². The largest absolute Gasteiger partial charge is 0.299 e. The van der Waals surface area contributed by atoms with Crippen LogP contribution in [0.1, 0.15) is 53.6 Å². The van der Waals surface area contributed by atoms with Crippen LogP contribution in [0.25, 0.3) is 0 Å². The van der Waals surface area contributed by atoms with E-state index in [-0.39, 0.29) is 30.2 Å². The lowest BCUT2D eigenvalue weighted by Crippen LogP contribution is -2.26. The molecule has 0 aliphatic heterocycles. The number of carbonyl (C=O) groups excluding carboxylic acids is 3. The summed E-state index contributed by atoms with van der Waals surface area (Å²) in [7, 11) is 0. The second-order valence-corrected chi connectivity index (χ2v) is 8.52. The molecule has 152 valence electrons. The molecule has 0 radical (unpaired) electrons. The molecule has 0 saturated heterocycles. The van der Waals surface area contributed by atoms with Gasteiger partial charge in [-0.15, -0.1) is 0 Å². The van der Waals surface area contributed by atoms with Crippen LogP contribution in [0.4, 0.5) is 0 Å². The van der Waals surface area contributed by atoms with Crippen LogP contribution >= 0.6 is 11.6 Å². The molecule has 4 nitrogen and oxygen atoms in total. The Morgan fingerprint density at radius 3 is 2.48 bits per heavy atom. The van der Waals surface area contributed by atoms with Crippen LogP contribution in [0.3, 0.4) is 0 Å². The minimum atomic E-state index is -0.749. The highest BCUT2D eigenvalue weighted by molar-refractivity contribution is 6.31. The Morgan fingerprint density at radius 1 is 1.21 bits per heavy atom. The maximum absolute atomic E-state index is 13.2. The van der Waals surface area contributed by atoms with E-state index in [9.17, 15) is 14.4 Å². The summed E-state index contributed by atoms with van der Waals surface area (Å²) in [6.45, 7) is 7.64. The zero-order chi connectivity index (χ0) is 21.3. The molecule has 1 aromatic carbocycles. The predicted molar refractivity (Wildman–Crippen MR) is 113 cm³/mol. The molecule has 3 atom stereocenters. The van der Waals surface area contributed by atoms with Crippen LogP contribution in [0.15, 0.2) is 30.5 Å². The van der Waals surface area contributed by atoms with Crippen LogP contribution in [0.5, 0.6) is 0 Å². The summed E-state index contributed by atoms with van der Waals surface area (Å²) >= 11 is 6.11. The predicted octanol–water partition coefficient (Wildman–Crippen LogP) is 4.74. The lowest BCUT2D eigenvalue weighted by atomic mass is 9.82. The minimum absolute atomic E-state index is 0.0316. The van der Waals surface area contributed by atoms with E-state index in [0.29, 0.717) is 17.1 Å². The first-order chi connectivity index (χ1) is 13.7. The van der Waals surface area contributed by atoms with Gasteiger partial charge in [0.2, 0.25) is 0 Å². The third kappa shape index (κ3) is 4.32. The average Bonchev–Trinajstić information content (AvgIpc) is 2.94. The molecule has 1 aliphatic rings. The van der Waals surface area contributed by atoms with Crippen molar-refractivity contribution in [3.05, 3.63) is 63.4 Å². The lowest BCUT2D eigenvalue weighted by Gasteiger charge is -2.19. The van der Waals surface area contributed by atoms with Gasteiger partial charge in [-0.1, -0.05) is 36.2 Å². The number of halogens is 1. The molecule has 2 aromatic rings. The van der Waals surface area contributed by atoms with Gasteiger partial charge >= 0.3 is 0 Å². The van der Waals surface area contributed by atoms with E-state index >= 15 is 0 Å². The molecule has 29 heavy (non-hydrogen) atoms. The van der Waals surface area contributed by atoms with Crippen LogP contribution in [0, 0.1) is 32.6 Å². The molecular weight excluding hydrogens is 386 g/mol. The van der Waals surface area contributed by atoms with E-state index in [2.05, 4.69) is 4.98 Å². The number of hydrogen-bond donors (Lipinski definition) is 0. The first kappa shape index (κ1) is 21.4. The lowest BCUT2D eigenvalue weighted by molar-refractivity contribution is -0.131. The molecule has 1 aromatic heterocycles. The molecule has 3 rings (SSSR count). The topological polar surface area (TPSA) is 64.1 Å². The fourth-order valence-electron chi connectivity index (χ4n) is 4.48. The van der Waals surface area contributed by atoms with Crippen molar-refractivity contribution in [2.45, 2.75) is 52.9 Å². The summed E-state index contributed by atoms with van der Waals surface area (Å²) in [6, 6.07) is 7.49.